The number of aromatic nitrogens is 2. The van der Waals surface area contributed by atoms with Gasteiger partial charge in [-0.25, -0.2) is 4.98 Å². The summed E-state index contributed by atoms with van der Waals surface area (Å²) in [5, 5.41) is 3.25. The van der Waals surface area contributed by atoms with Crippen molar-refractivity contribution in [2.24, 2.45) is 0 Å². The van der Waals surface area contributed by atoms with Crippen molar-refractivity contribution in [2.45, 2.75) is 32.2 Å². The highest BCUT2D eigenvalue weighted by Crippen LogP contribution is 2.24. The average Bonchev–Trinajstić information content (AvgIpc) is 2.73. The van der Waals surface area contributed by atoms with Crippen molar-refractivity contribution in [3.63, 3.8) is 0 Å². The molecule has 3 rings (SSSR count). The number of nitrogens with two attached hydrogens (primary N) is 1. The normalized spacial score (nSPS) is 14.6. The summed E-state index contributed by atoms with van der Waals surface area (Å²) in [6, 6.07) is 7.12. The summed E-state index contributed by atoms with van der Waals surface area (Å²) in [4.78, 5) is 34.9. The summed E-state index contributed by atoms with van der Waals surface area (Å²) in [7, 11) is 1.51. The molecule has 1 amide bonds. The number of anilines is 2. The Balaban J connectivity index is 1.68. The van der Waals surface area contributed by atoms with Gasteiger partial charge in [0.2, 0.25) is 17.6 Å². The molecule has 8 nitrogen and oxygen atoms in total. The zero-order valence-corrected chi connectivity index (χ0v) is 16.1. The molecule has 3 N–H and O–H groups in total. The minimum Gasteiger partial charge on any atom is -0.496 e. The molecule has 0 saturated carbocycles. The lowest BCUT2D eigenvalue weighted by atomic mass is 10.0. The number of amides is 1. The van der Waals surface area contributed by atoms with Gasteiger partial charge in [0.1, 0.15) is 11.6 Å². The van der Waals surface area contributed by atoms with Gasteiger partial charge < -0.3 is 20.7 Å². The molecule has 8 heteroatoms. The topological polar surface area (TPSA) is 110 Å². The lowest BCUT2D eigenvalue weighted by Gasteiger charge is -2.32. The van der Waals surface area contributed by atoms with Crippen LogP contribution >= 0.6 is 0 Å². The Labute approximate surface area is 164 Å². The van der Waals surface area contributed by atoms with E-state index in [-0.39, 0.29) is 29.1 Å². The first-order chi connectivity index (χ1) is 13.5. The number of ether oxygens (including phenoxy) is 1. The van der Waals surface area contributed by atoms with Gasteiger partial charge in [-0.05, 0) is 25.0 Å². The van der Waals surface area contributed by atoms with Gasteiger partial charge in [0, 0.05) is 31.7 Å². The van der Waals surface area contributed by atoms with Crippen molar-refractivity contribution >= 4 is 23.5 Å². The quantitative estimate of drug-likeness (QED) is 0.735. The third-order valence-electron chi connectivity index (χ3n) is 4.90. The van der Waals surface area contributed by atoms with E-state index in [4.69, 9.17) is 10.5 Å². The Kier molecular flexibility index (Phi) is 6.08. The maximum Gasteiger partial charge on any atom is 0.224 e. The van der Waals surface area contributed by atoms with Crippen molar-refractivity contribution in [3.05, 3.63) is 41.6 Å². The number of hydrogen-bond acceptors (Lipinski definition) is 7. The number of hydrogen-bond donors (Lipinski definition) is 2. The predicted molar refractivity (Wildman–Crippen MR) is 106 cm³/mol. The summed E-state index contributed by atoms with van der Waals surface area (Å²) in [6.07, 6.45) is 3.60. The standard InChI is InChI=1S/C20H25N5O3/c1-3-17(26)25-10-8-13(9-11-25)23-20-22-12-15(19(21)24-20)18(27)14-6-4-5-7-16(14)28-2/h4-7,12-13H,3,8-11H2,1-2H3,(H3,21,22,23,24). The van der Waals surface area contributed by atoms with E-state index >= 15 is 0 Å². The third-order valence-corrected chi connectivity index (χ3v) is 4.90. The maximum absolute atomic E-state index is 12.8. The van der Waals surface area contributed by atoms with Gasteiger partial charge >= 0.3 is 0 Å². The number of carbonyl (C=O) groups is 2. The van der Waals surface area contributed by atoms with Gasteiger partial charge in [-0.3, -0.25) is 9.59 Å². The molecule has 2 heterocycles. The Hall–Kier alpha value is -3.16. The zero-order chi connectivity index (χ0) is 20.1. The fourth-order valence-electron chi connectivity index (χ4n) is 3.30. The second kappa shape index (κ2) is 8.69. The lowest BCUT2D eigenvalue weighted by Crippen LogP contribution is -2.42. The molecule has 1 saturated heterocycles. The molecule has 0 unspecified atom stereocenters. The van der Waals surface area contributed by atoms with Crippen molar-refractivity contribution in [3.8, 4) is 5.75 Å². The molecule has 1 aliphatic rings. The molecule has 1 aromatic carbocycles. The molecule has 2 aromatic rings. The number of piperidine rings is 1. The number of nitrogens with one attached hydrogen (secondary N) is 1. The molecule has 0 atom stereocenters. The average molecular weight is 383 g/mol. The SMILES string of the molecule is CCC(=O)N1CCC(Nc2ncc(C(=O)c3ccccc3OC)c(N)n2)CC1. The van der Waals surface area contributed by atoms with Crippen LogP contribution in [-0.4, -0.2) is 52.8 Å². The zero-order valence-electron chi connectivity index (χ0n) is 16.1. The van der Waals surface area contributed by atoms with E-state index in [1.807, 2.05) is 11.8 Å². The Morgan fingerprint density at radius 3 is 2.61 bits per heavy atom. The Morgan fingerprint density at radius 2 is 1.96 bits per heavy atom. The lowest BCUT2D eigenvalue weighted by molar-refractivity contribution is -0.131. The summed E-state index contributed by atoms with van der Waals surface area (Å²) in [5.41, 5.74) is 6.68. The van der Waals surface area contributed by atoms with Crippen molar-refractivity contribution < 1.29 is 14.3 Å². The first-order valence-electron chi connectivity index (χ1n) is 9.38. The first kappa shape index (κ1) is 19.6. The second-order valence-electron chi connectivity index (χ2n) is 6.67. The van der Waals surface area contributed by atoms with Crippen molar-refractivity contribution in [1.82, 2.24) is 14.9 Å². The molecule has 1 aromatic heterocycles. The van der Waals surface area contributed by atoms with Crippen molar-refractivity contribution in [2.75, 3.05) is 31.2 Å². The number of nitrogens with zero attached hydrogens (tertiary/aromatic N) is 3. The number of ketones is 1. The van der Waals surface area contributed by atoms with E-state index in [1.165, 1.54) is 13.3 Å². The van der Waals surface area contributed by atoms with Crippen LogP contribution in [-0.2, 0) is 4.79 Å². The molecule has 1 fully saturated rings. The summed E-state index contributed by atoms with van der Waals surface area (Å²) in [5.74, 6) is 0.870. The molecule has 0 spiro atoms. The van der Waals surface area contributed by atoms with Gasteiger partial charge in [0.15, 0.2) is 0 Å². The van der Waals surface area contributed by atoms with Gasteiger partial charge in [-0.2, -0.15) is 4.98 Å². The maximum atomic E-state index is 12.8. The highest BCUT2D eigenvalue weighted by molar-refractivity contribution is 6.13. The van der Waals surface area contributed by atoms with E-state index < -0.39 is 0 Å². The number of rotatable bonds is 6. The molecule has 1 aliphatic heterocycles. The van der Waals surface area contributed by atoms with Gasteiger partial charge in [0.25, 0.3) is 0 Å². The van der Waals surface area contributed by atoms with Crippen LogP contribution in [0, 0.1) is 0 Å². The largest absolute Gasteiger partial charge is 0.496 e. The van der Waals surface area contributed by atoms with Crippen LogP contribution in [0.1, 0.15) is 42.1 Å². The summed E-state index contributed by atoms with van der Waals surface area (Å²) >= 11 is 0. The van der Waals surface area contributed by atoms with Crippen LogP contribution in [0.4, 0.5) is 11.8 Å². The number of carbonyl (C=O) groups excluding carboxylic acids is 2. The molecule has 0 radical (unpaired) electrons. The number of nitrogen functional groups attached to an aromatic ring is 1. The van der Waals surface area contributed by atoms with E-state index in [1.54, 1.807) is 24.3 Å². The Bertz CT molecular complexity index is 863. The van der Waals surface area contributed by atoms with Crippen LogP contribution in [0.3, 0.4) is 0 Å². The summed E-state index contributed by atoms with van der Waals surface area (Å²) < 4.78 is 5.24. The minimum absolute atomic E-state index is 0.118. The number of para-hydroxylation sites is 1. The van der Waals surface area contributed by atoms with Crippen LogP contribution in [0.2, 0.25) is 0 Å². The van der Waals surface area contributed by atoms with E-state index in [0.717, 1.165) is 12.8 Å². The van der Waals surface area contributed by atoms with Crippen LogP contribution < -0.4 is 15.8 Å². The molecule has 0 bridgehead atoms. The number of benzene rings is 1. The minimum atomic E-state index is -0.284. The Morgan fingerprint density at radius 1 is 1.25 bits per heavy atom. The van der Waals surface area contributed by atoms with Gasteiger partial charge in [0.05, 0.1) is 18.2 Å². The highest BCUT2D eigenvalue weighted by atomic mass is 16.5. The second-order valence-corrected chi connectivity index (χ2v) is 6.67. The molecule has 0 aliphatic carbocycles. The molecular formula is C20H25N5O3. The fourth-order valence-corrected chi connectivity index (χ4v) is 3.30. The first-order valence-corrected chi connectivity index (χ1v) is 9.38. The molecule has 28 heavy (non-hydrogen) atoms. The summed E-state index contributed by atoms with van der Waals surface area (Å²) in [6.45, 7) is 3.30. The van der Waals surface area contributed by atoms with Crippen LogP contribution in [0.15, 0.2) is 30.5 Å². The molecule has 148 valence electrons. The van der Waals surface area contributed by atoms with E-state index in [0.29, 0.717) is 36.8 Å². The smallest absolute Gasteiger partial charge is 0.224 e. The fraction of sp³-hybridized carbons (Fsp3) is 0.400. The van der Waals surface area contributed by atoms with E-state index in [9.17, 15) is 9.59 Å². The van der Waals surface area contributed by atoms with Gasteiger partial charge in [-0.15, -0.1) is 0 Å². The monoisotopic (exact) mass is 383 g/mol. The molecular weight excluding hydrogens is 358 g/mol. The number of methoxy groups -OCH3 is 1. The highest BCUT2D eigenvalue weighted by Gasteiger charge is 2.23. The van der Waals surface area contributed by atoms with Crippen LogP contribution in [0.5, 0.6) is 5.75 Å². The number of likely N-dealkylation sites (tertiary alicyclic amines) is 1. The van der Waals surface area contributed by atoms with E-state index in [2.05, 4.69) is 15.3 Å². The third kappa shape index (κ3) is 4.21. The van der Waals surface area contributed by atoms with Crippen LogP contribution in [0.25, 0.3) is 0 Å². The van der Waals surface area contributed by atoms with Crippen molar-refractivity contribution in [1.29, 1.82) is 0 Å². The predicted octanol–water partition coefficient (Wildman–Crippen LogP) is 2.11. The van der Waals surface area contributed by atoms with Gasteiger partial charge in [-0.1, -0.05) is 19.1 Å².